The maximum Gasteiger partial charge on any atom is 0.264 e. The lowest BCUT2D eigenvalue weighted by atomic mass is 10.1. The largest absolute Gasteiger partial charge is 0.497 e. The number of aryl methyl sites for hydroxylation is 2. The first-order valence-corrected chi connectivity index (χ1v) is 15.3. The van der Waals surface area contributed by atoms with Crippen LogP contribution in [0.2, 0.25) is 5.02 Å². The highest BCUT2D eigenvalue weighted by molar-refractivity contribution is 7.92. The maximum absolute atomic E-state index is 14.1. The van der Waals surface area contributed by atoms with Crippen molar-refractivity contribution in [1.29, 1.82) is 0 Å². The van der Waals surface area contributed by atoms with Gasteiger partial charge in [-0.2, -0.15) is 0 Å². The number of ether oxygens (including phenoxy) is 1. The minimum atomic E-state index is -4.18. The quantitative estimate of drug-likeness (QED) is 0.297. The molecule has 0 saturated carbocycles. The molecular weight excluding hydrogens is 562 g/mol. The summed E-state index contributed by atoms with van der Waals surface area (Å²) in [5, 5.41) is 3.29. The van der Waals surface area contributed by atoms with Gasteiger partial charge in [0.1, 0.15) is 18.3 Å². The Morgan fingerprint density at radius 3 is 2.24 bits per heavy atom. The third kappa shape index (κ3) is 8.01. The number of anilines is 1. The summed E-state index contributed by atoms with van der Waals surface area (Å²) in [7, 11) is -2.63. The molecule has 0 aliphatic rings. The number of halogens is 1. The molecule has 0 fully saturated rings. The molecule has 0 bridgehead atoms. The van der Waals surface area contributed by atoms with Crippen LogP contribution >= 0.6 is 11.6 Å². The van der Waals surface area contributed by atoms with Crippen LogP contribution in [-0.2, 0) is 26.2 Å². The van der Waals surface area contributed by atoms with Crippen LogP contribution < -0.4 is 14.4 Å². The number of carbonyl (C=O) groups excluding carboxylic acids is 2. The van der Waals surface area contributed by atoms with Gasteiger partial charge >= 0.3 is 0 Å². The van der Waals surface area contributed by atoms with Crippen molar-refractivity contribution in [1.82, 2.24) is 10.2 Å². The summed E-state index contributed by atoms with van der Waals surface area (Å²) in [4.78, 5) is 28.8. The first-order chi connectivity index (χ1) is 19.4. The van der Waals surface area contributed by atoms with E-state index in [0.29, 0.717) is 22.9 Å². The lowest BCUT2D eigenvalue weighted by molar-refractivity contribution is -0.140. The number of benzene rings is 3. The highest BCUT2D eigenvalue weighted by Crippen LogP contribution is 2.27. The van der Waals surface area contributed by atoms with Crippen molar-refractivity contribution in [3.05, 3.63) is 88.4 Å². The zero-order valence-corrected chi connectivity index (χ0v) is 25.9. The number of nitrogens with zero attached hydrogens (tertiary/aromatic N) is 2. The van der Waals surface area contributed by atoms with Crippen LogP contribution in [0.25, 0.3) is 0 Å². The molecule has 3 aromatic rings. The third-order valence-electron chi connectivity index (χ3n) is 6.76. The van der Waals surface area contributed by atoms with E-state index in [9.17, 15) is 18.0 Å². The van der Waals surface area contributed by atoms with Crippen molar-refractivity contribution >= 4 is 39.1 Å². The summed E-state index contributed by atoms with van der Waals surface area (Å²) in [6, 6.07) is 17.3. The minimum absolute atomic E-state index is 0.00290. The van der Waals surface area contributed by atoms with Crippen LogP contribution in [0, 0.1) is 13.8 Å². The van der Waals surface area contributed by atoms with E-state index in [4.69, 9.17) is 16.3 Å². The molecule has 0 saturated heterocycles. The van der Waals surface area contributed by atoms with Crippen LogP contribution in [0.1, 0.15) is 43.9 Å². The Morgan fingerprint density at radius 1 is 0.976 bits per heavy atom. The lowest BCUT2D eigenvalue weighted by Crippen LogP contribution is -2.53. The Morgan fingerprint density at radius 2 is 1.66 bits per heavy atom. The summed E-state index contributed by atoms with van der Waals surface area (Å²) in [5.41, 5.74) is 2.95. The standard InChI is InChI=1S/C31H38ClN3O5S/c1-7-29(31(37)33-21(2)3)34(19-24-9-8-10-27(18-24)40-6)30(36)20-35(26-14-11-22(4)23(5)17-26)41(38,39)28-15-12-25(32)13-16-28/h8-18,21,29H,7,19-20H2,1-6H3,(H,33,37). The number of carbonyl (C=O) groups is 2. The van der Waals surface area contributed by atoms with E-state index < -0.39 is 28.5 Å². The monoisotopic (exact) mass is 599 g/mol. The van der Waals surface area contributed by atoms with E-state index in [1.807, 2.05) is 46.8 Å². The number of nitrogens with one attached hydrogen (secondary N) is 1. The number of rotatable bonds is 12. The molecule has 0 heterocycles. The van der Waals surface area contributed by atoms with Gasteiger partial charge in [0, 0.05) is 17.6 Å². The summed E-state index contributed by atoms with van der Waals surface area (Å²) in [6.07, 6.45) is 0.335. The van der Waals surface area contributed by atoms with Crippen molar-refractivity contribution in [2.24, 2.45) is 0 Å². The van der Waals surface area contributed by atoms with Crippen molar-refractivity contribution in [3.63, 3.8) is 0 Å². The number of sulfonamides is 1. The molecule has 1 N–H and O–H groups in total. The summed E-state index contributed by atoms with van der Waals surface area (Å²) in [6.45, 7) is 8.90. The molecule has 41 heavy (non-hydrogen) atoms. The average molecular weight is 600 g/mol. The van der Waals surface area contributed by atoms with Gasteiger partial charge in [-0.25, -0.2) is 8.42 Å². The maximum atomic E-state index is 14.1. The van der Waals surface area contributed by atoms with Crippen molar-refractivity contribution in [2.45, 2.75) is 64.6 Å². The SMILES string of the molecule is CCC(C(=O)NC(C)C)N(Cc1cccc(OC)c1)C(=O)CN(c1ccc(C)c(C)c1)S(=O)(=O)c1ccc(Cl)cc1. The van der Waals surface area contributed by atoms with Crippen molar-refractivity contribution in [2.75, 3.05) is 18.0 Å². The molecular formula is C31H38ClN3O5S. The summed E-state index contributed by atoms with van der Waals surface area (Å²) < 4.78 is 34.4. The van der Waals surface area contributed by atoms with Gasteiger partial charge < -0.3 is 15.0 Å². The van der Waals surface area contributed by atoms with Crippen LogP contribution in [0.15, 0.2) is 71.6 Å². The summed E-state index contributed by atoms with van der Waals surface area (Å²) >= 11 is 6.02. The molecule has 0 aliphatic carbocycles. The molecule has 0 aliphatic heterocycles. The fourth-order valence-corrected chi connectivity index (χ4v) is 5.94. The molecule has 2 amide bonds. The molecule has 0 aromatic heterocycles. The van der Waals surface area contributed by atoms with E-state index in [2.05, 4.69) is 5.32 Å². The molecule has 3 aromatic carbocycles. The minimum Gasteiger partial charge on any atom is -0.497 e. The fourth-order valence-electron chi connectivity index (χ4n) is 4.41. The molecule has 0 spiro atoms. The number of methoxy groups -OCH3 is 1. The van der Waals surface area contributed by atoms with Crippen LogP contribution in [0.5, 0.6) is 5.75 Å². The Kier molecular flexibility index (Phi) is 10.8. The second kappa shape index (κ2) is 13.9. The average Bonchev–Trinajstić information content (AvgIpc) is 2.93. The zero-order valence-electron chi connectivity index (χ0n) is 24.3. The van der Waals surface area contributed by atoms with E-state index in [1.165, 1.54) is 29.2 Å². The second-order valence-corrected chi connectivity index (χ2v) is 12.5. The highest BCUT2D eigenvalue weighted by atomic mass is 35.5. The van der Waals surface area contributed by atoms with E-state index >= 15 is 0 Å². The zero-order chi connectivity index (χ0) is 30.3. The Hall–Kier alpha value is -3.56. The van der Waals surface area contributed by atoms with Gasteiger partial charge in [-0.1, -0.05) is 36.7 Å². The van der Waals surface area contributed by atoms with Gasteiger partial charge in [-0.3, -0.25) is 13.9 Å². The molecule has 3 rings (SSSR count). The van der Waals surface area contributed by atoms with Gasteiger partial charge in [-0.05, 0) is 99.3 Å². The number of hydrogen-bond acceptors (Lipinski definition) is 5. The first-order valence-electron chi connectivity index (χ1n) is 13.5. The highest BCUT2D eigenvalue weighted by Gasteiger charge is 2.34. The van der Waals surface area contributed by atoms with Crippen molar-refractivity contribution < 1.29 is 22.7 Å². The lowest BCUT2D eigenvalue weighted by Gasteiger charge is -2.33. The first kappa shape index (κ1) is 32.0. The van der Waals surface area contributed by atoms with Gasteiger partial charge in [0.2, 0.25) is 11.8 Å². The summed E-state index contributed by atoms with van der Waals surface area (Å²) in [5.74, 6) is -0.219. The number of hydrogen-bond donors (Lipinski definition) is 1. The fraction of sp³-hybridized carbons (Fsp3) is 0.355. The Labute approximate surface area is 248 Å². The Bertz CT molecular complexity index is 1480. The van der Waals surface area contributed by atoms with Gasteiger partial charge in [0.15, 0.2) is 0 Å². The molecule has 1 atom stereocenters. The molecule has 10 heteroatoms. The predicted molar refractivity (Wildman–Crippen MR) is 163 cm³/mol. The van der Waals surface area contributed by atoms with E-state index in [1.54, 1.807) is 37.4 Å². The third-order valence-corrected chi connectivity index (χ3v) is 8.80. The van der Waals surface area contributed by atoms with E-state index in [0.717, 1.165) is 21.0 Å². The molecule has 8 nitrogen and oxygen atoms in total. The smallest absolute Gasteiger partial charge is 0.264 e. The van der Waals surface area contributed by atoms with Gasteiger partial charge in [0.05, 0.1) is 17.7 Å². The van der Waals surface area contributed by atoms with Crippen molar-refractivity contribution in [3.8, 4) is 5.75 Å². The van der Waals surface area contributed by atoms with Gasteiger partial charge in [0.25, 0.3) is 10.0 Å². The predicted octanol–water partition coefficient (Wildman–Crippen LogP) is 5.49. The molecule has 220 valence electrons. The van der Waals surface area contributed by atoms with Crippen LogP contribution in [0.3, 0.4) is 0 Å². The second-order valence-electron chi connectivity index (χ2n) is 10.2. The number of amides is 2. The van der Waals surface area contributed by atoms with Gasteiger partial charge in [-0.15, -0.1) is 0 Å². The normalized spacial score (nSPS) is 12.1. The van der Waals surface area contributed by atoms with E-state index in [-0.39, 0.29) is 23.4 Å². The molecule has 0 radical (unpaired) electrons. The van der Waals surface area contributed by atoms with Crippen LogP contribution in [-0.4, -0.2) is 50.9 Å². The Balaban J connectivity index is 2.10. The van der Waals surface area contributed by atoms with Crippen LogP contribution in [0.4, 0.5) is 5.69 Å². The molecule has 1 unspecified atom stereocenters. The topological polar surface area (TPSA) is 96.0 Å².